The van der Waals surface area contributed by atoms with Gasteiger partial charge in [-0.05, 0) is 31.0 Å². The number of H-pyrrole nitrogens is 1. The fraction of sp³-hybridized carbons (Fsp3) is 0.421. The van der Waals surface area contributed by atoms with E-state index < -0.39 is 29.4 Å². The van der Waals surface area contributed by atoms with E-state index in [2.05, 4.69) is 20.7 Å². The quantitative estimate of drug-likeness (QED) is 0.288. The highest BCUT2D eigenvalue weighted by molar-refractivity contribution is 6.06. The first-order chi connectivity index (χ1) is 14.2. The topological polar surface area (TPSA) is 82.2 Å². The van der Waals surface area contributed by atoms with Gasteiger partial charge < -0.3 is 10.6 Å². The Morgan fingerprint density at radius 2 is 1.77 bits per heavy atom. The van der Waals surface area contributed by atoms with Crippen molar-refractivity contribution in [1.29, 1.82) is 0 Å². The van der Waals surface area contributed by atoms with Crippen LogP contribution >= 0.6 is 0 Å². The summed E-state index contributed by atoms with van der Waals surface area (Å²) in [6.45, 7) is 0. The molecule has 0 unspecified atom stereocenters. The first kappa shape index (κ1) is 21.7. The van der Waals surface area contributed by atoms with Crippen LogP contribution in [0.2, 0.25) is 0 Å². The number of aromatic nitrogens is 2. The number of hydrogen-bond acceptors (Lipinski definition) is 2. The number of anilines is 1. The number of alkyl halides is 3. The van der Waals surface area contributed by atoms with Crippen LogP contribution in [-0.2, 0) is 6.18 Å². The minimum absolute atomic E-state index is 0.0440. The zero-order valence-electron chi connectivity index (χ0n) is 15.8. The first-order valence-corrected chi connectivity index (χ1v) is 9.46. The van der Waals surface area contributed by atoms with E-state index in [1.54, 1.807) is 0 Å². The Morgan fingerprint density at radius 1 is 1.07 bits per heavy atom. The molecule has 2 aromatic rings. The molecule has 3 rings (SSSR count). The van der Waals surface area contributed by atoms with Crippen LogP contribution in [0.3, 0.4) is 0 Å². The van der Waals surface area contributed by atoms with Gasteiger partial charge in [0.05, 0.1) is 0 Å². The van der Waals surface area contributed by atoms with Crippen LogP contribution in [0, 0.1) is 11.6 Å². The number of carbonyl (C=O) groups is 1. The molecule has 1 aromatic heterocycles. The largest absolute Gasteiger partial charge is 0.432 e. The maximum atomic E-state index is 13.4. The second-order valence-electron chi connectivity index (χ2n) is 7.02. The summed E-state index contributed by atoms with van der Waals surface area (Å²) >= 11 is 0. The molecule has 3 N–H and O–H groups in total. The summed E-state index contributed by atoms with van der Waals surface area (Å²) in [7, 11) is 0. The molecule has 1 heterocycles. The molecule has 0 bridgehead atoms. The SMILES string of the molecule is O=C(/N=C(\Nc1cc(C(F)(F)F)[nH]n1)NC1CCCCCC1)c1ccc(F)c(F)c1. The van der Waals surface area contributed by atoms with Crippen molar-refractivity contribution in [3.8, 4) is 0 Å². The molecule has 11 heteroatoms. The molecule has 0 spiro atoms. The molecule has 0 aliphatic heterocycles. The van der Waals surface area contributed by atoms with Gasteiger partial charge >= 0.3 is 6.18 Å². The Balaban J connectivity index is 1.83. The van der Waals surface area contributed by atoms with Gasteiger partial charge in [-0.2, -0.15) is 23.3 Å². The molecule has 0 atom stereocenters. The van der Waals surface area contributed by atoms with E-state index in [0.717, 1.165) is 56.7 Å². The molecule has 162 valence electrons. The third kappa shape index (κ3) is 5.77. The maximum Gasteiger partial charge on any atom is 0.432 e. The highest BCUT2D eigenvalue weighted by Crippen LogP contribution is 2.28. The number of carbonyl (C=O) groups excluding carboxylic acids is 1. The minimum Gasteiger partial charge on any atom is -0.353 e. The van der Waals surface area contributed by atoms with Crippen molar-refractivity contribution >= 4 is 17.7 Å². The normalized spacial score (nSPS) is 16.2. The van der Waals surface area contributed by atoms with Gasteiger partial charge in [0.1, 0.15) is 5.69 Å². The lowest BCUT2D eigenvalue weighted by atomic mass is 10.1. The molecular weight excluding hydrogens is 409 g/mol. The van der Waals surface area contributed by atoms with Crippen molar-refractivity contribution in [3.63, 3.8) is 0 Å². The number of hydrogen-bond donors (Lipinski definition) is 3. The molecule has 0 radical (unpaired) electrons. The second-order valence-corrected chi connectivity index (χ2v) is 7.02. The number of amides is 1. The Kier molecular flexibility index (Phi) is 6.68. The smallest absolute Gasteiger partial charge is 0.353 e. The number of halogens is 5. The van der Waals surface area contributed by atoms with E-state index in [1.807, 2.05) is 5.10 Å². The predicted molar refractivity (Wildman–Crippen MR) is 100.0 cm³/mol. The third-order valence-electron chi connectivity index (χ3n) is 4.71. The maximum absolute atomic E-state index is 13.4. The molecule has 30 heavy (non-hydrogen) atoms. The van der Waals surface area contributed by atoms with E-state index in [4.69, 9.17) is 0 Å². The zero-order valence-corrected chi connectivity index (χ0v) is 15.8. The fourth-order valence-electron chi connectivity index (χ4n) is 3.16. The lowest BCUT2D eigenvalue weighted by molar-refractivity contribution is -0.141. The van der Waals surface area contributed by atoms with E-state index in [9.17, 15) is 26.7 Å². The Morgan fingerprint density at radius 3 is 2.37 bits per heavy atom. The van der Waals surface area contributed by atoms with Crippen LogP contribution in [-0.4, -0.2) is 28.1 Å². The van der Waals surface area contributed by atoms with Crippen LogP contribution in [0.1, 0.15) is 54.6 Å². The molecule has 6 nitrogen and oxygen atoms in total. The van der Waals surface area contributed by atoms with Crippen molar-refractivity contribution < 1.29 is 26.7 Å². The van der Waals surface area contributed by atoms with Crippen LogP contribution in [0.4, 0.5) is 27.8 Å². The van der Waals surface area contributed by atoms with Gasteiger partial charge in [0.2, 0.25) is 5.96 Å². The Hall–Kier alpha value is -2.98. The highest BCUT2D eigenvalue weighted by atomic mass is 19.4. The molecule has 1 aliphatic carbocycles. The summed E-state index contributed by atoms with van der Waals surface area (Å²) in [5.41, 5.74) is -1.26. The van der Waals surface area contributed by atoms with Crippen molar-refractivity contribution in [3.05, 3.63) is 47.2 Å². The lowest BCUT2D eigenvalue weighted by Crippen LogP contribution is -2.39. The summed E-state index contributed by atoms with van der Waals surface area (Å²) in [5, 5.41) is 11.0. The third-order valence-corrected chi connectivity index (χ3v) is 4.71. The molecule has 1 fully saturated rings. The van der Waals surface area contributed by atoms with E-state index in [1.165, 1.54) is 0 Å². The number of nitrogens with zero attached hydrogens (tertiary/aromatic N) is 2. The van der Waals surface area contributed by atoms with E-state index >= 15 is 0 Å². The van der Waals surface area contributed by atoms with Crippen molar-refractivity contribution in [2.75, 3.05) is 5.32 Å². The van der Waals surface area contributed by atoms with Crippen LogP contribution in [0.5, 0.6) is 0 Å². The molecule has 0 saturated heterocycles. The molecule has 1 amide bonds. The summed E-state index contributed by atoms with van der Waals surface area (Å²) in [6.07, 6.45) is 1.05. The number of nitrogens with one attached hydrogen (secondary N) is 3. The van der Waals surface area contributed by atoms with Crippen LogP contribution in [0.15, 0.2) is 29.3 Å². The fourth-order valence-corrected chi connectivity index (χ4v) is 3.16. The average molecular weight is 429 g/mol. The van der Waals surface area contributed by atoms with Crippen molar-refractivity contribution in [1.82, 2.24) is 15.5 Å². The number of guanidine groups is 1. The standard InChI is InChI=1S/C19H20F5N5O/c20-13-8-7-11(9-14(13)21)17(30)27-18(25-12-5-3-1-2-4-6-12)26-16-10-15(28-29-16)19(22,23)24/h7-10,12H,1-6H2,(H3,25,26,27,28,29,30). The van der Waals surface area contributed by atoms with Gasteiger partial charge in [0.15, 0.2) is 17.5 Å². The van der Waals surface area contributed by atoms with Gasteiger partial charge in [0.25, 0.3) is 5.91 Å². The van der Waals surface area contributed by atoms with Gasteiger partial charge in [-0.3, -0.25) is 9.89 Å². The van der Waals surface area contributed by atoms with Gasteiger partial charge in [-0.1, -0.05) is 25.7 Å². The number of rotatable bonds is 3. The lowest BCUT2D eigenvalue weighted by Gasteiger charge is -2.19. The monoisotopic (exact) mass is 429 g/mol. The Bertz CT molecular complexity index is 916. The van der Waals surface area contributed by atoms with Crippen molar-refractivity contribution in [2.45, 2.75) is 50.7 Å². The van der Waals surface area contributed by atoms with E-state index in [-0.39, 0.29) is 23.4 Å². The number of aliphatic imine (C=N–C) groups is 1. The molecule has 1 saturated carbocycles. The Labute approximate surface area is 169 Å². The van der Waals surface area contributed by atoms with Gasteiger partial charge in [-0.15, -0.1) is 0 Å². The second kappa shape index (κ2) is 9.23. The summed E-state index contributed by atoms with van der Waals surface area (Å²) in [5.74, 6) is -3.51. The van der Waals surface area contributed by atoms with Crippen molar-refractivity contribution in [2.24, 2.45) is 4.99 Å². The summed E-state index contributed by atoms with van der Waals surface area (Å²) in [6, 6.07) is 3.28. The highest BCUT2D eigenvalue weighted by Gasteiger charge is 2.33. The summed E-state index contributed by atoms with van der Waals surface area (Å²) < 4.78 is 64.9. The van der Waals surface area contributed by atoms with Crippen LogP contribution in [0.25, 0.3) is 0 Å². The van der Waals surface area contributed by atoms with Gasteiger partial charge in [0, 0.05) is 17.7 Å². The van der Waals surface area contributed by atoms with E-state index in [0.29, 0.717) is 6.07 Å². The number of benzene rings is 1. The molecule has 1 aliphatic rings. The average Bonchev–Trinajstić information content (AvgIpc) is 3.00. The van der Waals surface area contributed by atoms with Gasteiger partial charge in [-0.25, -0.2) is 8.78 Å². The number of aromatic amines is 1. The predicted octanol–water partition coefficient (Wildman–Crippen LogP) is 4.63. The summed E-state index contributed by atoms with van der Waals surface area (Å²) in [4.78, 5) is 16.3. The molecule has 1 aromatic carbocycles. The van der Waals surface area contributed by atoms with Crippen LogP contribution < -0.4 is 10.6 Å². The zero-order chi connectivity index (χ0) is 21.7. The minimum atomic E-state index is -4.61. The first-order valence-electron chi connectivity index (χ1n) is 9.46. The molecular formula is C19H20F5N5O.